The van der Waals surface area contributed by atoms with E-state index in [9.17, 15) is 5.11 Å². The summed E-state index contributed by atoms with van der Waals surface area (Å²) in [7, 11) is 0. The Hall–Kier alpha value is -1.72. The van der Waals surface area contributed by atoms with Gasteiger partial charge in [0.2, 0.25) is 0 Å². The summed E-state index contributed by atoms with van der Waals surface area (Å²) in [5, 5.41) is 17.7. The Balaban J connectivity index is 1.93. The van der Waals surface area contributed by atoms with Crippen LogP contribution in [0.5, 0.6) is 0 Å². The molecule has 0 spiro atoms. The first-order valence-corrected chi connectivity index (χ1v) is 6.99. The Kier molecular flexibility index (Phi) is 3.80. The zero-order valence-electron chi connectivity index (χ0n) is 11.6. The summed E-state index contributed by atoms with van der Waals surface area (Å²) >= 11 is 0. The van der Waals surface area contributed by atoms with E-state index in [2.05, 4.69) is 29.4 Å². The van der Waals surface area contributed by atoms with Crippen molar-refractivity contribution in [3.63, 3.8) is 0 Å². The number of aromatic nitrogens is 3. The third kappa shape index (κ3) is 2.46. The van der Waals surface area contributed by atoms with Crippen LogP contribution in [0.3, 0.4) is 0 Å². The predicted octanol–water partition coefficient (Wildman–Crippen LogP) is 1.98. The van der Waals surface area contributed by atoms with Gasteiger partial charge in [0.1, 0.15) is 11.8 Å². The summed E-state index contributed by atoms with van der Waals surface area (Å²) in [5.41, 5.74) is 3.99. The number of rotatable bonds is 4. The summed E-state index contributed by atoms with van der Waals surface area (Å²) in [6, 6.07) is 8.23. The Morgan fingerprint density at radius 3 is 2.95 bits per heavy atom. The highest BCUT2D eigenvalue weighted by atomic mass is 16.5. The number of nitrogens with zero attached hydrogens (tertiary/aromatic N) is 3. The summed E-state index contributed by atoms with van der Waals surface area (Å²) in [6.07, 6.45) is 2.02. The van der Waals surface area contributed by atoms with Crippen molar-refractivity contribution >= 4 is 0 Å². The van der Waals surface area contributed by atoms with E-state index >= 15 is 0 Å². The minimum atomic E-state index is -0.0943. The zero-order chi connectivity index (χ0) is 13.9. The highest BCUT2D eigenvalue weighted by Crippen LogP contribution is 2.30. The van der Waals surface area contributed by atoms with Gasteiger partial charge in [-0.3, -0.25) is 0 Å². The van der Waals surface area contributed by atoms with E-state index in [0.717, 1.165) is 25.1 Å². The van der Waals surface area contributed by atoms with Gasteiger partial charge in [0.05, 0.1) is 18.8 Å². The lowest BCUT2D eigenvalue weighted by atomic mass is 10.1. The Morgan fingerprint density at radius 1 is 1.40 bits per heavy atom. The molecule has 0 saturated carbocycles. The standard InChI is InChI=1S/C15H19N3O2/c1-11-5-2-3-6-12(11)9-18-15(13(10-19)16-17-18)14-7-4-8-20-14/h2-3,5-6,14,19H,4,7-10H2,1H3. The van der Waals surface area contributed by atoms with Crippen LogP contribution in [0.1, 0.15) is 41.5 Å². The van der Waals surface area contributed by atoms with E-state index < -0.39 is 0 Å². The molecule has 20 heavy (non-hydrogen) atoms. The van der Waals surface area contributed by atoms with E-state index in [4.69, 9.17) is 4.74 Å². The molecule has 3 rings (SSSR count). The van der Waals surface area contributed by atoms with Crippen molar-refractivity contribution in [3.8, 4) is 0 Å². The third-order valence-electron chi connectivity index (χ3n) is 3.81. The van der Waals surface area contributed by atoms with Crippen LogP contribution in [0.15, 0.2) is 24.3 Å². The Labute approximate surface area is 118 Å². The fourth-order valence-electron chi connectivity index (χ4n) is 2.68. The summed E-state index contributed by atoms with van der Waals surface area (Å²) in [6.45, 7) is 3.42. The predicted molar refractivity (Wildman–Crippen MR) is 74.2 cm³/mol. The van der Waals surface area contributed by atoms with Crippen LogP contribution >= 0.6 is 0 Å². The molecule has 1 atom stereocenters. The van der Waals surface area contributed by atoms with Crippen LogP contribution < -0.4 is 0 Å². The van der Waals surface area contributed by atoms with Crippen molar-refractivity contribution in [2.24, 2.45) is 0 Å². The summed E-state index contributed by atoms with van der Waals surface area (Å²) in [4.78, 5) is 0. The molecule has 1 aromatic carbocycles. The highest BCUT2D eigenvalue weighted by Gasteiger charge is 2.26. The van der Waals surface area contributed by atoms with E-state index in [1.54, 1.807) is 0 Å². The molecule has 1 N–H and O–H groups in total. The molecule has 1 aliphatic heterocycles. The van der Waals surface area contributed by atoms with E-state index in [-0.39, 0.29) is 12.7 Å². The summed E-state index contributed by atoms with van der Waals surface area (Å²) < 4.78 is 7.60. The van der Waals surface area contributed by atoms with Gasteiger partial charge < -0.3 is 9.84 Å². The molecule has 5 heteroatoms. The number of aliphatic hydroxyl groups is 1. The topological polar surface area (TPSA) is 60.2 Å². The molecular weight excluding hydrogens is 254 g/mol. The second kappa shape index (κ2) is 5.73. The second-order valence-electron chi connectivity index (χ2n) is 5.17. The molecule has 2 heterocycles. The molecule has 0 radical (unpaired) electrons. The van der Waals surface area contributed by atoms with Crippen molar-refractivity contribution in [1.29, 1.82) is 0 Å². The van der Waals surface area contributed by atoms with Crippen LogP contribution in [0, 0.1) is 6.92 Å². The largest absolute Gasteiger partial charge is 0.390 e. The van der Waals surface area contributed by atoms with E-state index in [0.29, 0.717) is 12.2 Å². The minimum Gasteiger partial charge on any atom is -0.390 e. The van der Waals surface area contributed by atoms with Crippen LogP contribution in [0.2, 0.25) is 0 Å². The number of aryl methyl sites for hydroxylation is 1. The van der Waals surface area contributed by atoms with Crippen LogP contribution in [-0.2, 0) is 17.9 Å². The number of hydrogen-bond acceptors (Lipinski definition) is 4. The van der Waals surface area contributed by atoms with Crippen molar-refractivity contribution in [2.75, 3.05) is 6.61 Å². The van der Waals surface area contributed by atoms with Gasteiger partial charge in [-0.25, -0.2) is 4.68 Å². The number of aliphatic hydroxyl groups excluding tert-OH is 1. The fourth-order valence-corrected chi connectivity index (χ4v) is 2.68. The van der Waals surface area contributed by atoms with Crippen LogP contribution in [0.4, 0.5) is 0 Å². The average Bonchev–Trinajstić information content (AvgIpc) is 3.09. The molecule has 0 aliphatic carbocycles. The first kappa shape index (κ1) is 13.3. The van der Waals surface area contributed by atoms with Gasteiger partial charge >= 0.3 is 0 Å². The molecule has 1 saturated heterocycles. The van der Waals surface area contributed by atoms with Crippen molar-refractivity contribution in [2.45, 2.75) is 39.0 Å². The lowest BCUT2D eigenvalue weighted by Crippen LogP contribution is -2.12. The van der Waals surface area contributed by atoms with E-state index in [1.807, 2.05) is 16.8 Å². The van der Waals surface area contributed by atoms with Crippen molar-refractivity contribution in [3.05, 3.63) is 46.8 Å². The number of hydrogen-bond donors (Lipinski definition) is 1. The zero-order valence-corrected chi connectivity index (χ0v) is 11.6. The first-order valence-electron chi connectivity index (χ1n) is 6.99. The van der Waals surface area contributed by atoms with Crippen LogP contribution in [0.25, 0.3) is 0 Å². The lowest BCUT2D eigenvalue weighted by molar-refractivity contribution is 0.102. The highest BCUT2D eigenvalue weighted by molar-refractivity contribution is 5.26. The average molecular weight is 273 g/mol. The quantitative estimate of drug-likeness (QED) is 0.925. The smallest absolute Gasteiger partial charge is 0.114 e. The molecular formula is C15H19N3O2. The van der Waals surface area contributed by atoms with Crippen LogP contribution in [-0.4, -0.2) is 26.7 Å². The third-order valence-corrected chi connectivity index (χ3v) is 3.81. The van der Waals surface area contributed by atoms with Gasteiger partial charge in [0, 0.05) is 6.61 Å². The molecule has 0 amide bonds. The van der Waals surface area contributed by atoms with E-state index in [1.165, 1.54) is 11.1 Å². The summed E-state index contributed by atoms with van der Waals surface area (Å²) in [5.74, 6) is 0. The van der Waals surface area contributed by atoms with Gasteiger partial charge in [0.15, 0.2) is 0 Å². The van der Waals surface area contributed by atoms with Gasteiger partial charge in [-0.15, -0.1) is 5.10 Å². The minimum absolute atomic E-state index is 0.0103. The molecule has 0 bridgehead atoms. The maximum atomic E-state index is 9.44. The Bertz CT molecular complexity index is 589. The van der Waals surface area contributed by atoms with Gasteiger partial charge in [0.25, 0.3) is 0 Å². The molecule has 1 aromatic heterocycles. The fraction of sp³-hybridized carbons (Fsp3) is 0.467. The molecule has 106 valence electrons. The van der Waals surface area contributed by atoms with Gasteiger partial charge in [-0.1, -0.05) is 29.5 Å². The molecule has 1 fully saturated rings. The van der Waals surface area contributed by atoms with Gasteiger partial charge in [-0.05, 0) is 30.9 Å². The molecule has 5 nitrogen and oxygen atoms in total. The maximum absolute atomic E-state index is 9.44. The SMILES string of the molecule is Cc1ccccc1Cn1nnc(CO)c1C1CCCO1. The molecule has 1 unspecified atom stereocenters. The number of benzene rings is 1. The van der Waals surface area contributed by atoms with Crippen molar-refractivity contribution in [1.82, 2.24) is 15.0 Å². The molecule has 1 aliphatic rings. The lowest BCUT2D eigenvalue weighted by Gasteiger charge is -2.14. The number of ether oxygens (including phenoxy) is 1. The van der Waals surface area contributed by atoms with Crippen molar-refractivity contribution < 1.29 is 9.84 Å². The Morgan fingerprint density at radius 2 is 2.25 bits per heavy atom. The monoisotopic (exact) mass is 273 g/mol. The second-order valence-corrected chi connectivity index (χ2v) is 5.17. The van der Waals surface area contributed by atoms with Gasteiger partial charge in [-0.2, -0.15) is 0 Å². The maximum Gasteiger partial charge on any atom is 0.114 e. The first-order chi connectivity index (χ1) is 9.79. The molecule has 2 aromatic rings. The normalized spacial score (nSPS) is 18.6.